The summed E-state index contributed by atoms with van der Waals surface area (Å²) in [6.07, 6.45) is 1.88. The van der Waals surface area contributed by atoms with E-state index in [9.17, 15) is 13.6 Å². The van der Waals surface area contributed by atoms with E-state index >= 15 is 0 Å². The van der Waals surface area contributed by atoms with E-state index < -0.39 is 18.6 Å². The first kappa shape index (κ1) is 16.6. The average molecular weight is 330 g/mol. The van der Waals surface area contributed by atoms with Crippen LogP contribution in [0.1, 0.15) is 25.7 Å². The first-order valence-electron chi connectivity index (χ1n) is 8.07. The van der Waals surface area contributed by atoms with E-state index in [1.165, 1.54) is 0 Å². The zero-order valence-corrected chi connectivity index (χ0v) is 13.5. The Kier molecular flexibility index (Phi) is 4.35. The van der Waals surface area contributed by atoms with Crippen molar-refractivity contribution in [3.63, 3.8) is 0 Å². The molecule has 3 rings (SSSR count). The summed E-state index contributed by atoms with van der Waals surface area (Å²) in [5.41, 5.74) is 1.13. The maximum absolute atomic E-state index is 13.2. The summed E-state index contributed by atoms with van der Waals surface area (Å²) in [4.78, 5) is 15.4. The molecule has 2 atom stereocenters. The highest BCUT2D eigenvalue weighted by Gasteiger charge is 2.51. The van der Waals surface area contributed by atoms with Gasteiger partial charge in [0.1, 0.15) is 6.61 Å². The smallest absolute Gasteiger partial charge is 0.410 e. The van der Waals surface area contributed by atoms with Crippen molar-refractivity contribution in [3.05, 3.63) is 12.2 Å². The lowest BCUT2D eigenvalue weighted by Gasteiger charge is -2.34. The van der Waals surface area contributed by atoms with Crippen molar-refractivity contribution in [1.29, 1.82) is 0 Å². The summed E-state index contributed by atoms with van der Waals surface area (Å²) < 4.78 is 37.0. The fourth-order valence-electron chi connectivity index (χ4n) is 4.17. The van der Waals surface area contributed by atoms with Crippen molar-refractivity contribution in [2.45, 2.75) is 43.2 Å². The van der Waals surface area contributed by atoms with Crippen LogP contribution in [0.2, 0.25) is 0 Å². The highest BCUT2D eigenvalue weighted by atomic mass is 19.3. The van der Waals surface area contributed by atoms with E-state index in [0.717, 1.165) is 36.3 Å². The van der Waals surface area contributed by atoms with Crippen LogP contribution in [0, 0.1) is 0 Å². The van der Waals surface area contributed by atoms with Gasteiger partial charge in [0.15, 0.2) is 0 Å². The number of alkyl halides is 2. The lowest BCUT2D eigenvalue weighted by atomic mass is 9.94. The first-order valence-corrected chi connectivity index (χ1v) is 8.07. The summed E-state index contributed by atoms with van der Waals surface area (Å²) in [6.45, 7) is 5.25. The Bertz CT molecular complexity index is 500. The maximum Gasteiger partial charge on any atom is 0.410 e. The van der Waals surface area contributed by atoms with Gasteiger partial charge >= 0.3 is 6.09 Å². The molecule has 3 aliphatic heterocycles. The molecule has 23 heavy (non-hydrogen) atoms. The molecule has 0 bridgehead atoms. The highest BCUT2D eigenvalue weighted by Crippen LogP contribution is 2.44. The SMILES string of the molecule is C=C1CN2[C@H](COC(=O)N3CCC(F)(F)C3)CC[C@@]2(COC)C1. The fraction of sp³-hybridized carbons (Fsp3) is 0.812. The monoisotopic (exact) mass is 330 g/mol. The second-order valence-electron chi connectivity index (χ2n) is 7.01. The molecule has 3 heterocycles. The molecule has 0 aromatic carbocycles. The lowest BCUT2D eigenvalue weighted by molar-refractivity contribution is 0.00620. The van der Waals surface area contributed by atoms with Gasteiger partial charge < -0.3 is 14.4 Å². The van der Waals surface area contributed by atoms with Crippen LogP contribution in [0.3, 0.4) is 0 Å². The molecule has 0 aromatic heterocycles. The Morgan fingerprint density at radius 1 is 1.43 bits per heavy atom. The molecule has 0 aliphatic carbocycles. The zero-order valence-electron chi connectivity index (χ0n) is 13.5. The quantitative estimate of drug-likeness (QED) is 0.742. The lowest BCUT2D eigenvalue weighted by Crippen LogP contribution is -2.47. The standard InChI is InChI=1S/C16H24F2N2O3/c1-12-7-15(11-22-2)4-3-13(20(15)8-12)9-23-14(21)19-6-5-16(17,18)10-19/h13H,1,3-11H2,2H3/t13-,15-/m0/s1. The molecule has 3 saturated heterocycles. The van der Waals surface area contributed by atoms with Crippen LogP contribution in [-0.4, -0.2) is 73.4 Å². The Balaban J connectivity index is 1.55. The van der Waals surface area contributed by atoms with Crippen LogP contribution in [0.4, 0.5) is 13.6 Å². The summed E-state index contributed by atoms with van der Waals surface area (Å²) in [5.74, 6) is -2.79. The number of amides is 1. The topological polar surface area (TPSA) is 42.0 Å². The number of nitrogens with zero attached hydrogens (tertiary/aromatic N) is 2. The van der Waals surface area contributed by atoms with Crippen molar-refractivity contribution >= 4 is 6.09 Å². The van der Waals surface area contributed by atoms with Crippen molar-refractivity contribution in [2.75, 3.05) is 40.0 Å². The van der Waals surface area contributed by atoms with Gasteiger partial charge in [-0.1, -0.05) is 12.2 Å². The molecule has 130 valence electrons. The van der Waals surface area contributed by atoms with Crippen LogP contribution in [0.5, 0.6) is 0 Å². The number of hydrogen-bond donors (Lipinski definition) is 0. The van der Waals surface area contributed by atoms with E-state index in [0.29, 0.717) is 6.61 Å². The molecule has 7 heteroatoms. The van der Waals surface area contributed by atoms with Crippen molar-refractivity contribution < 1.29 is 23.0 Å². The Hall–Kier alpha value is -1.21. The molecule has 0 spiro atoms. The number of methoxy groups -OCH3 is 1. The van der Waals surface area contributed by atoms with E-state index in [1.807, 2.05) is 0 Å². The van der Waals surface area contributed by atoms with Crippen molar-refractivity contribution in [1.82, 2.24) is 9.80 Å². The van der Waals surface area contributed by atoms with Crippen LogP contribution in [0.25, 0.3) is 0 Å². The Morgan fingerprint density at radius 2 is 2.22 bits per heavy atom. The van der Waals surface area contributed by atoms with E-state index in [1.54, 1.807) is 7.11 Å². The van der Waals surface area contributed by atoms with Crippen LogP contribution in [0.15, 0.2) is 12.2 Å². The number of carbonyl (C=O) groups excluding carboxylic acids is 1. The van der Waals surface area contributed by atoms with Gasteiger partial charge in [-0.2, -0.15) is 0 Å². The zero-order chi connectivity index (χ0) is 16.7. The van der Waals surface area contributed by atoms with Gasteiger partial charge in [0.25, 0.3) is 5.92 Å². The normalized spacial score (nSPS) is 33.3. The molecule has 0 unspecified atom stereocenters. The third kappa shape index (κ3) is 3.21. The largest absolute Gasteiger partial charge is 0.448 e. The minimum Gasteiger partial charge on any atom is -0.448 e. The Morgan fingerprint density at radius 3 is 2.87 bits per heavy atom. The molecule has 0 radical (unpaired) electrons. The number of ether oxygens (including phenoxy) is 2. The summed E-state index contributed by atoms with van der Waals surface area (Å²) in [6, 6.07) is 0.108. The van der Waals surface area contributed by atoms with E-state index in [2.05, 4.69) is 11.5 Å². The minimum atomic E-state index is -2.79. The van der Waals surface area contributed by atoms with Crippen LogP contribution < -0.4 is 0 Å². The van der Waals surface area contributed by atoms with E-state index in [-0.39, 0.29) is 31.2 Å². The summed E-state index contributed by atoms with van der Waals surface area (Å²) in [7, 11) is 1.69. The third-order valence-corrected chi connectivity index (χ3v) is 5.21. The summed E-state index contributed by atoms with van der Waals surface area (Å²) >= 11 is 0. The Labute approximate surface area is 135 Å². The molecule has 3 aliphatic rings. The second-order valence-corrected chi connectivity index (χ2v) is 7.01. The van der Waals surface area contributed by atoms with Crippen LogP contribution in [-0.2, 0) is 9.47 Å². The third-order valence-electron chi connectivity index (χ3n) is 5.21. The number of rotatable bonds is 4. The maximum atomic E-state index is 13.2. The van der Waals surface area contributed by atoms with E-state index in [4.69, 9.17) is 9.47 Å². The second kappa shape index (κ2) is 6.02. The molecule has 1 amide bonds. The minimum absolute atomic E-state index is 0.0381. The predicted octanol–water partition coefficient (Wildman–Crippen LogP) is 2.27. The molecular formula is C16H24F2N2O3. The van der Waals surface area contributed by atoms with Gasteiger partial charge in [0.2, 0.25) is 0 Å². The van der Waals surface area contributed by atoms with Crippen molar-refractivity contribution in [2.24, 2.45) is 0 Å². The predicted molar refractivity (Wildman–Crippen MR) is 80.6 cm³/mol. The van der Waals surface area contributed by atoms with Gasteiger partial charge in [0, 0.05) is 38.2 Å². The molecular weight excluding hydrogens is 306 g/mol. The molecule has 0 aromatic rings. The number of fused-ring (bicyclic) bond motifs is 1. The molecule has 0 saturated carbocycles. The fourth-order valence-corrected chi connectivity index (χ4v) is 4.17. The average Bonchev–Trinajstić information content (AvgIpc) is 3.08. The molecule has 0 N–H and O–H groups in total. The van der Waals surface area contributed by atoms with Gasteiger partial charge in [-0.05, 0) is 19.3 Å². The number of likely N-dealkylation sites (tertiary alicyclic amines) is 1. The number of hydrogen-bond acceptors (Lipinski definition) is 4. The first-order chi connectivity index (χ1) is 10.9. The van der Waals surface area contributed by atoms with Gasteiger partial charge in [-0.3, -0.25) is 4.90 Å². The van der Waals surface area contributed by atoms with Crippen molar-refractivity contribution in [3.8, 4) is 0 Å². The van der Waals surface area contributed by atoms with Gasteiger partial charge in [0.05, 0.1) is 13.2 Å². The molecule has 5 nitrogen and oxygen atoms in total. The number of carbonyl (C=O) groups is 1. The van der Waals surface area contributed by atoms with Gasteiger partial charge in [-0.25, -0.2) is 13.6 Å². The highest BCUT2D eigenvalue weighted by molar-refractivity contribution is 5.68. The summed E-state index contributed by atoms with van der Waals surface area (Å²) in [5, 5.41) is 0. The molecule has 3 fully saturated rings. The van der Waals surface area contributed by atoms with Gasteiger partial charge in [-0.15, -0.1) is 0 Å². The van der Waals surface area contributed by atoms with Crippen LogP contribution >= 0.6 is 0 Å². The number of halogens is 2.